The molecule has 0 saturated carbocycles. The van der Waals surface area contributed by atoms with Crippen molar-refractivity contribution in [3.8, 4) is 5.75 Å². The molecule has 0 unspecified atom stereocenters. The van der Waals surface area contributed by atoms with Crippen LogP contribution in [-0.4, -0.2) is 11.3 Å². The van der Waals surface area contributed by atoms with Crippen LogP contribution in [0, 0.1) is 0 Å². The Bertz CT molecular complexity index is 637. The summed E-state index contributed by atoms with van der Waals surface area (Å²) in [6, 6.07) is 15.5. The topological polar surface area (TPSA) is 32.6 Å². The van der Waals surface area contributed by atoms with E-state index in [1.165, 1.54) is 0 Å². The molecule has 0 radical (unpaired) electrons. The number of nitrogens with zero attached hydrogens (tertiary/aromatic N) is 1. The van der Waals surface area contributed by atoms with Gasteiger partial charge < -0.3 is 5.11 Å². The Labute approximate surface area is 155 Å². The van der Waals surface area contributed by atoms with Crippen LogP contribution in [0.15, 0.2) is 53.5 Å². The number of rotatable bonds is 2. The summed E-state index contributed by atoms with van der Waals surface area (Å²) in [6.07, 6.45) is 1.71. The second-order valence-electron chi connectivity index (χ2n) is 5.78. The second kappa shape index (κ2) is 9.73. The van der Waals surface area contributed by atoms with Crippen molar-refractivity contribution in [1.29, 1.82) is 0 Å². The van der Waals surface area contributed by atoms with E-state index in [-0.39, 0.29) is 5.41 Å². The van der Waals surface area contributed by atoms with E-state index in [9.17, 15) is 5.11 Å². The summed E-state index contributed by atoms with van der Waals surface area (Å²) >= 11 is -2.03. The first-order chi connectivity index (χ1) is 10.7. The quantitative estimate of drug-likeness (QED) is 0.409. The van der Waals surface area contributed by atoms with Gasteiger partial charge in [0.05, 0.1) is 5.69 Å². The average Bonchev–Trinajstić information content (AvgIpc) is 2.45. The molecule has 23 heavy (non-hydrogen) atoms. The van der Waals surface area contributed by atoms with Gasteiger partial charge in [-0.1, -0.05) is 51.1 Å². The Morgan fingerprint density at radius 3 is 2.04 bits per heavy atom. The van der Waals surface area contributed by atoms with E-state index in [0.717, 1.165) is 16.8 Å². The molecule has 0 aliphatic rings. The first-order valence-corrected chi connectivity index (χ1v) is 15.4. The third-order valence-corrected chi connectivity index (χ3v) is 2.98. The molecule has 0 atom stereocenters. The second-order valence-corrected chi connectivity index (χ2v) is 15.8. The average molecular weight is 453 g/mol. The van der Waals surface area contributed by atoms with Crippen LogP contribution in [0.3, 0.4) is 0 Å². The maximum atomic E-state index is 10.3. The van der Waals surface area contributed by atoms with Crippen LogP contribution in [0.1, 0.15) is 31.9 Å². The fraction of sp³-hybridized carbons (Fsp3) is 0.235. The number of para-hydroxylation sites is 2. The molecular formula is C17H19Cl3NNbO. The van der Waals surface area contributed by atoms with Gasteiger partial charge in [-0.05, 0) is 29.2 Å². The number of phenolic OH excluding ortho intramolecular Hbond substituents is 1. The normalized spacial score (nSPS) is 11.4. The van der Waals surface area contributed by atoms with Crippen LogP contribution in [0.25, 0.3) is 0 Å². The van der Waals surface area contributed by atoms with E-state index in [2.05, 4.69) is 25.8 Å². The predicted molar refractivity (Wildman–Crippen MR) is 98.1 cm³/mol. The molecule has 2 nitrogen and oxygen atoms in total. The molecular weight excluding hydrogens is 433 g/mol. The van der Waals surface area contributed by atoms with Crippen molar-refractivity contribution >= 4 is 39.5 Å². The first-order valence-electron chi connectivity index (χ1n) is 6.91. The number of benzene rings is 2. The van der Waals surface area contributed by atoms with Crippen molar-refractivity contribution < 1.29 is 20.3 Å². The van der Waals surface area contributed by atoms with E-state index < -0.39 is 15.2 Å². The molecule has 0 fully saturated rings. The Morgan fingerprint density at radius 1 is 0.957 bits per heavy atom. The summed E-state index contributed by atoms with van der Waals surface area (Å²) < 4.78 is 0. The summed E-state index contributed by atoms with van der Waals surface area (Å²) in [6.45, 7) is 6.25. The van der Waals surface area contributed by atoms with E-state index in [0.29, 0.717) is 5.75 Å². The number of hydrogen-bond acceptors (Lipinski definition) is 2. The summed E-state index contributed by atoms with van der Waals surface area (Å²) in [5.74, 6) is 0.315. The molecule has 0 aliphatic heterocycles. The van der Waals surface area contributed by atoms with Crippen molar-refractivity contribution in [2.45, 2.75) is 26.2 Å². The number of halogens is 3. The summed E-state index contributed by atoms with van der Waals surface area (Å²) in [5.41, 5.74) is 2.48. The van der Waals surface area contributed by atoms with Crippen molar-refractivity contribution in [1.82, 2.24) is 0 Å². The van der Waals surface area contributed by atoms with Gasteiger partial charge in [-0.2, -0.15) is 0 Å². The molecule has 0 aliphatic carbocycles. The van der Waals surface area contributed by atoms with Gasteiger partial charge in [0.1, 0.15) is 5.75 Å². The molecule has 2 rings (SSSR count). The van der Waals surface area contributed by atoms with Crippen LogP contribution >= 0.6 is 27.6 Å². The Hall–Kier alpha value is -0.480. The Balaban J connectivity index is 0.000000593. The van der Waals surface area contributed by atoms with Gasteiger partial charge >= 0.3 is 42.8 Å². The zero-order valence-electron chi connectivity index (χ0n) is 13.2. The van der Waals surface area contributed by atoms with Gasteiger partial charge in [-0.3, -0.25) is 4.99 Å². The molecule has 2 aromatic carbocycles. The van der Waals surface area contributed by atoms with Gasteiger partial charge in [0.2, 0.25) is 0 Å². The third-order valence-electron chi connectivity index (χ3n) is 2.98. The van der Waals surface area contributed by atoms with Crippen LogP contribution < -0.4 is 0 Å². The van der Waals surface area contributed by atoms with Crippen molar-refractivity contribution in [2.75, 3.05) is 0 Å². The van der Waals surface area contributed by atoms with Crippen molar-refractivity contribution in [3.63, 3.8) is 0 Å². The van der Waals surface area contributed by atoms with Crippen LogP contribution in [-0.2, 0) is 20.6 Å². The van der Waals surface area contributed by atoms with Crippen LogP contribution in [0.5, 0.6) is 5.75 Å². The zero-order valence-corrected chi connectivity index (χ0v) is 17.6. The van der Waals surface area contributed by atoms with Crippen molar-refractivity contribution in [3.05, 3.63) is 59.7 Å². The minimum atomic E-state index is -2.03. The molecule has 124 valence electrons. The molecule has 0 amide bonds. The standard InChI is InChI=1S/C17H19NO.3ClH.Nb/c1-17(2,3)15-11-7-8-13(16(15)19)12-18-14-9-5-4-6-10-14;;;;/h4-12,19H,1-3H3;3*1H;/q;;;;+3/p-3. The fourth-order valence-corrected chi connectivity index (χ4v) is 1.93. The van der Waals surface area contributed by atoms with Crippen LogP contribution in [0.2, 0.25) is 0 Å². The third kappa shape index (κ3) is 7.75. The molecule has 0 aromatic heterocycles. The number of hydrogen-bond donors (Lipinski definition) is 1. The number of aliphatic imine (C=N–C) groups is 1. The molecule has 0 saturated heterocycles. The van der Waals surface area contributed by atoms with E-state index >= 15 is 0 Å². The molecule has 0 bridgehead atoms. The van der Waals surface area contributed by atoms with Gasteiger partial charge in [0, 0.05) is 11.8 Å². The summed E-state index contributed by atoms with van der Waals surface area (Å²) in [4.78, 5) is 4.38. The van der Waals surface area contributed by atoms with Gasteiger partial charge in [0.15, 0.2) is 0 Å². The van der Waals surface area contributed by atoms with Crippen LogP contribution in [0.4, 0.5) is 5.69 Å². The van der Waals surface area contributed by atoms with Gasteiger partial charge in [-0.25, -0.2) is 0 Å². The Kier molecular flexibility index (Phi) is 8.70. The van der Waals surface area contributed by atoms with Gasteiger partial charge in [-0.15, -0.1) is 0 Å². The van der Waals surface area contributed by atoms with E-state index in [1.54, 1.807) is 6.21 Å². The zero-order chi connectivity index (χ0) is 17.5. The summed E-state index contributed by atoms with van der Waals surface area (Å²) in [5, 5.41) is 10.3. The molecule has 0 heterocycles. The number of aromatic hydroxyl groups is 1. The van der Waals surface area contributed by atoms with Gasteiger partial charge in [0.25, 0.3) is 0 Å². The van der Waals surface area contributed by atoms with Crippen molar-refractivity contribution in [2.24, 2.45) is 4.99 Å². The Morgan fingerprint density at radius 2 is 1.52 bits per heavy atom. The molecule has 6 heteroatoms. The predicted octanol–water partition coefficient (Wildman–Crippen LogP) is 6.51. The molecule has 2 aromatic rings. The summed E-state index contributed by atoms with van der Waals surface area (Å²) in [7, 11) is 15.0. The molecule has 0 spiro atoms. The van der Waals surface area contributed by atoms with E-state index in [4.69, 9.17) is 27.6 Å². The maximum absolute atomic E-state index is 10.3. The number of phenols is 1. The van der Waals surface area contributed by atoms with E-state index in [1.807, 2.05) is 48.5 Å². The minimum absolute atomic E-state index is 0.0827. The first kappa shape index (κ1) is 20.6. The monoisotopic (exact) mass is 451 g/mol. The molecule has 1 N–H and O–H groups in total. The SMILES string of the molecule is CC(C)(C)c1cccc(C=Nc2ccccc2)c1O.[Cl][Nb]([Cl])[Cl]. The fourth-order valence-electron chi connectivity index (χ4n) is 1.93.